The molecule has 0 saturated heterocycles. The number of methoxy groups -OCH3 is 3. The molecule has 0 aromatic heterocycles. The predicted octanol–water partition coefficient (Wildman–Crippen LogP) is 3.53. The molecule has 7 heteroatoms. The lowest BCUT2D eigenvalue weighted by Crippen LogP contribution is -2.39. The molecule has 0 atom stereocenters. The average Bonchev–Trinajstić information content (AvgIpc) is 2.62. The van der Waals surface area contributed by atoms with E-state index in [2.05, 4.69) is 31.1 Å². The normalized spacial score (nSPS) is 10.7. The summed E-state index contributed by atoms with van der Waals surface area (Å²) in [5.74, 6) is 2.95. The first-order valence-electron chi connectivity index (χ1n) is 8.39. The van der Waals surface area contributed by atoms with Crippen LogP contribution in [-0.4, -0.2) is 52.3 Å². The van der Waals surface area contributed by atoms with Gasteiger partial charge in [0.2, 0.25) is 0 Å². The van der Waals surface area contributed by atoms with Gasteiger partial charge >= 0.3 is 0 Å². The first kappa shape index (κ1) is 23.6. The second-order valence-electron chi connectivity index (χ2n) is 5.46. The van der Waals surface area contributed by atoms with Gasteiger partial charge in [0.15, 0.2) is 17.5 Å². The highest BCUT2D eigenvalue weighted by Crippen LogP contribution is 2.34. The second kappa shape index (κ2) is 12.9. The molecule has 6 nitrogen and oxygen atoms in total. The minimum absolute atomic E-state index is 0. The zero-order chi connectivity index (χ0) is 17.9. The lowest BCUT2D eigenvalue weighted by Gasteiger charge is -2.22. The van der Waals surface area contributed by atoms with Crippen LogP contribution in [0.3, 0.4) is 0 Å². The van der Waals surface area contributed by atoms with Gasteiger partial charge in [-0.2, -0.15) is 0 Å². The smallest absolute Gasteiger partial charge is 0.193 e. The van der Waals surface area contributed by atoms with Crippen molar-refractivity contribution in [1.82, 2.24) is 10.2 Å². The van der Waals surface area contributed by atoms with Crippen LogP contribution in [0.2, 0.25) is 0 Å². The van der Waals surface area contributed by atoms with E-state index in [-0.39, 0.29) is 24.0 Å². The molecule has 0 spiro atoms. The van der Waals surface area contributed by atoms with Gasteiger partial charge in [0.1, 0.15) is 5.75 Å². The Morgan fingerprint density at radius 3 is 2.16 bits per heavy atom. The number of nitrogens with one attached hydrogen (secondary N) is 1. The largest absolute Gasteiger partial charge is 0.496 e. The number of benzene rings is 1. The molecule has 1 rings (SSSR count). The Morgan fingerprint density at radius 1 is 1.04 bits per heavy atom. The van der Waals surface area contributed by atoms with Crippen LogP contribution in [0, 0.1) is 0 Å². The second-order valence-corrected chi connectivity index (χ2v) is 5.46. The Morgan fingerprint density at radius 2 is 1.64 bits per heavy atom. The van der Waals surface area contributed by atoms with Crippen molar-refractivity contribution in [2.45, 2.75) is 33.2 Å². The summed E-state index contributed by atoms with van der Waals surface area (Å²) in [6.45, 7) is 6.57. The summed E-state index contributed by atoms with van der Waals surface area (Å²) < 4.78 is 16.2. The molecule has 0 heterocycles. The average molecular weight is 465 g/mol. The van der Waals surface area contributed by atoms with Gasteiger partial charge < -0.3 is 24.4 Å². The van der Waals surface area contributed by atoms with E-state index in [0.717, 1.165) is 43.2 Å². The molecular formula is C18H32IN3O3. The van der Waals surface area contributed by atoms with E-state index in [1.165, 1.54) is 0 Å². The molecule has 144 valence electrons. The van der Waals surface area contributed by atoms with Crippen molar-refractivity contribution in [3.8, 4) is 17.2 Å². The van der Waals surface area contributed by atoms with E-state index >= 15 is 0 Å². The van der Waals surface area contributed by atoms with Crippen LogP contribution in [0.4, 0.5) is 0 Å². The fourth-order valence-electron chi connectivity index (χ4n) is 2.35. The van der Waals surface area contributed by atoms with Crippen molar-refractivity contribution in [1.29, 1.82) is 0 Å². The van der Waals surface area contributed by atoms with Gasteiger partial charge in [-0.05, 0) is 19.4 Å². The Bertz CT molecular complexity index is 539. The number of halogens is 1. The predicted molar refractivity (Wildman–Crippen MR) is 114 cm³/mol. The van der Waals surface area contributed by atoms with E-state index in [4.69, 9.17) is 19.2 Å². The molecular weight excluding hydrogens is 433 g/mol. The van der Waals surface area contributed by atoms with E-state index in [0.29, 0.717) is 18.0 Å². The van der Waals surface area contributed by atoms with Crippen LogP contribution in [0.15, 0.2) is 17.1 Å². The summed E-state index contributed by atoms with van der Waals surface area (Å²) in [4.78, 5) is 6.88. The molecule has 25 heavy (non-hydrogen) atoms. The molecule has 0 fully saturated rings. The highest BCUT2D eigenvalue weighted by molar-refractivity contribution is 14.0. The molecule has 0 aliphatic rings. The first-order chi connectivity index (χ1) is 11.6. The topological polar surface area (TPSA) is 55.3 Å². The quantitative estimate of drug-likeness (QED) is 0.344. The highest BCUT2D eigenvalue weighted by atomic mass is 127. The van der Waals surface area contributed by atoms with Crippen molar-refractivity contribution < 1.29 is 14.2 Å². The third-order valence-electron chi connectivity index (χ3n) is 3.73. The van der Waals surface area contributed by atoms with Gasteiger partial charge in [0, 0.05) is 31.8 Å². The van der Waals surface area contributed by atoms with Crippen LogP contribution in [0.1, 0.15) is 32.3 Å². The van der Waals surface area contributed by atoms with Crippen molar-refractivity contribution in [2.24, 2.45) is 4.99 Å². The van der Waals surface area contributed by atoms with Gasteiger partial charge in [-0.1, -0.05) is 13.3 Å². The van der Waals surface area contributed by atoms with Crippen molar-refractivity contribution >= 4 is 29.9 Å². The van der Waals surface area contributed by atoms with Crippen molar-refractivity contribution in [3.05, 3.63) is 17.7 Å². The maximum atomic E-state index is 5.47. The Labute approximate surface area is 169 Å². The molecule has 1 N–H and O–H groups in total. The summed E-state index contributed by atoms with van der Waals surface area (Å²) in [5, 5.41) is 3.33. The number of unbranched alkanes of at least 4 members (excludes halogenated alkanes) is 1. The monoisotopic (exact) mass is 465 g/mol. The third kappa shape index (κ3) is 7.17. The Kier molecular flexibility index (Phi) is 12.2. The zero-order valence-corrected chi connectivity index (χ0v) is 18.5. The number of rotatable bonds is 9. The van der Waals surface area contributed by atoms with Crippen molar-refractivity contribution in [2.75, 3.05) is 41.5 Å². The number of hydrogen-bond acceptors (Lipinski definition) is 4. The summed E-state index contributed by atoms with van der Waals surface area (Å²) in [5.41, 5.74) is 0.953. The fraction of sp³-hybridized carbons (Fsp3) is 0.611. The lowest BCUT2D eigenvalue weighted by atomic mass is 10.1. The fourth-order valence-corrected chi connectivity index (χ4v) is 2.35. The van der Waals surface area contributed by atoms with Gasteiger partial charge in [0.25, 0.3) is 0 Å². The standard InChI is InChI=1S/C18H31N3O3.HI/c1-7-9-10-21(3)18(19-8-2)20-13-14-11-16(23-5)17(24-6)12-15(14)22-4;/h11-12H,7-10,13H2,1-6H3,(H,19,20);1H. The van der Waals surface area contributed by atoms with Crippen LogP contribution < -0.4 is 19.5 Å². The SMILES string of the molecule is CCCCN(C)C(=NCc1cc(OC)c(OC)cc1OC)NCC.I. The number of hydrogen-bond donors (Lipinski definition) is 1. The molecule has 0 aliphatic carbocycles. The molecule has 0 bridgehead atoms. The van der Waals surface area contributed by atoms with E-state index in [1.54, 1.807) is 21.3 Å². The molecule has 0 saturated carbocycles. The Hall–Kier alpha value is -1.38. The van der Waals surface area contributed by atoms with E-state index in [1.807, 2.05) is 12.1 Å². The van der Waals surface area contributed by atoms with Gasteiger partial charge in [-0.15, -0.1) is 24.0 Å². The molecule has 0 aliphatic heterocycles. The summed E-state index contributed by atoms with van der Waals surface area (Å²) in [6, 6.07) is 3.74. The zero-order valence-electron chi connectivity index (χ0n) is 16.2. The van der Waals surface area contributed by atoms with Crippen LogP contribution >= 0.6 is 24.0 Å². The summed E-state index contributed by atoms with van der Waals surface area (Å²) in [6.07, 6.45) is 2.30. The molecule has 1 aromatic rings. The maximum Gasteiger partial charge on any atom is 0.193 e. The van der Waals surface area contributed by atoms with Crippen molar-refractivity contribution in [3.63, 3.8) is 0 Å². The number of aliphatic imine (C=N–C) groups is 1. The van der Waals surface area contributed by atoms with Crippen LogP contribution in [-0.2, 0) is 6.54 Å². The van der Waals surface area contributed by atoms with Gasteiger partial charge in [-0.25, -0.2) is 4.99 Å². The first-order valence-corrected chi connectivity index (χ1v) is 8.39. The lowest BCUT2D eigenvalue weighted by molar-refractivity contribution is 0.347. The van der Waals surface area contributed by atoms with Crippen LogP contribution in [0.25, 0.3) is 0 Å². The van der Waals surface area contributed by atoms with E-state index < -0.39 is 0 Å². The number of guanidine groups is 1. The highest BCUT2D eigenvalue weighted by Gasteiger charge is 2.12. The van der Waals surface area contributed by atoms with Gasteiger partial charge in [-0.3, -0.25) is 0 Å². The number of ether oxygens (including phenoxy) is 3. The molecule has 0 radical (unpaired) electrons. The van der Waals surface area contributed by atoms with Crippen LogP contribution in [0.5, 0.6) is 17.2 Å². The summed E-state index contributed by atoms with van der Waals surface area (Å²) in [7, 11) is 6.94. The minimum Gasteiger partial charge on any atom is -0.496 e. The summed E-state index contributed by atoms with van der Waals surface area (Å²) >= 11 is 0. The minimum atomic E-state index is 0. The van der Waals surface area contributed by atoms with E-state index in [9.17, 15) is 0 Å². The molecule has 0 amide bonds. The number of nitrogens with zero attached hydrogens (tertiary/aromatic N) is 2. The van der Waals surface area contributed by atoms with Gasteiger partial charge in [0.05, 0.1) is 27.9 Å². The maximum absolute atomic E-state index is 5.47. The molecule has 0 unspecified atom stereocenters. The Balaban J connectivity index is 0.00000576. The third-order valence-corrected chi connectivity index (χ3v) is 3.73. The molecule has 1 aromatic carbocycles.